The molecular formula is C13H17Cl2NO2. The molecular weight excluding hydrogens is 273 g/mol. The van der Waals surface area contributed by atoms with Crippen LogP contribution in [-0.2, 0) is 22.5 Å². The highest BCUT2D eigenvalue weighted by Gasteiger charge is 2.25. The first kappa shape index (κ1) is 15.3. The van der Waals surface area contributed by atoms with Crippen LogP contribution in [0.5, 0.6) is 0 Å². The number of benzene rings is 1. The summed E-state index contributed by atoms with van der Waals surface area (Å²) in [7, 11) is 0. The van der Waals surface area contributed by atoms with E-state index in [2.05, 4.69) is 5.32 Å². The standard InChI is InChI=1S/C13H16ClNO2.ClH/c1-8(2)17-13(16)12-6-10-5-11(14)4-3-9(10)7-15-12;/h3-5,8,12,15H,6-7H2,1-2H3;1H. The molecule has 0 fully saturated rings. The van der Waals surface area contributed by atoms with Crippen LogP contribution in [0.3, 0.4) is 0 Å². The zero-order valence-electron chi connectivity index (χ0n) is 10.4. The van der Waals surface area contributed by atoms with Crippen LogP contribution in [0.4, 0.5) is 0 Å². The van der Waals surface area contributed by atoms with Crippen LogP contribution >= 0.6 is 24.0 Å². The zero-order chi connectivity index (χ0) is 12.4. The SMILES string of the molecule is CC(C)OC(=O)C1Cc2cc(Cl)ccc2CN1.Cl. The maximum atomic E-state index is 11.8. The first-order valence-electron chi connectivity index (χ1n) is 5.77. The Morgan fingerprint density at radius 2 is 2.17 bits per heavy atom. The number of ether oxygens (including phenoxy) is 1. The molecule has 1 aromatic rings. The Balaban J connectivity index is 0.00000162. The fourth-order valence-corrected chi connectivity index (χ4v) is 2.16. The molecule has 1 aliphatic rings. The minimum Gasteiger partial charge on any atom is -0.462 e. The monoisotopic (exact) mass is 289 g/mol. The average molecular weight is 290 g/mol. The van der Waals surface area contributed by atoms with Gasteiger partial charge in [-0.1, -0.05) is 17.7 Å². The molecule has 1 aliphatic heterocycles. The third kappa shape index (κ3) is 3.61. The predicted molar refractivity (Wildman–Crippen MR) is 74.3 cm³/mol. The summed E-state index contributed by atoms with van der Waals surface area (Å²) in [4.78, 5) is 11.8. The van der Waals surface area contributed by atoms with Gasteiger partial charge in [0.1, 0.15) is 6.04 Å². The second-order valence-corrected chi connectivity index (χ2v) is 4.97. The maximum absolute atomic E-state index is 11.8. The Hall–Kier alpha value is -0.770. The summed E-state index contributed by atoms with van der Waals surface area (Å²) in [5.41, 5.74) is 2.32. The summed E-state index contributed by atoms with van der Waals surface area (Å²) < 4.78 is 5.20. The minimum atomic E-state index is -0.261. The zero-order valence-corrected chi connectivity index (χ0v) is 12.0. The minimum absolute atomic E-state index is 0. The number of hydrogen-bond acceptors (Lipinski definition) is 3. The number of esters is 1. The summed E-state index contributed by atoms with van der Waals surface area (Å²) in [5.74, 6) is -0.189. The highest BCUT2D eigenvalue weighted by atomic mass is 35.5. The lowest BCUT2D eigenvalue weighted by atomic mass is 9.96. The Kier molecular flexibility index (Phi) is 5.45. The summed E-state index contributed by atoms with van der Waals surface area (Å²) in [5, 5.41) is 3.89. The molecule has 2 rings (SSSR count). The van der Waals surface area contributed by atoms with Gasteiger partial charge in [0.25, 0.3) is 0 Å². The first-order chi connectivity index (χ1) is 8.06. The number of nitrogens with one attached hydrogen (secondary N) is 1. The van der Waals surface area contributed by atoms with E-state index in [9.17, 15) is 4.79 Å². The topological polar surface area (TPSA) is 38.3 Å². The first-order valence-corrected chi connectivity index (χ1v) is 6.15. The Morgan fingerprint density at radius 3 is 2.83 bits per heavy atom. The van der Waals surface area contributed by atoms with Gasteiger partial charge in [0.2, 0.25) is 0 Å². The van der Waals surface area contributed by atoms with Crippen LogP contribution in [0.15, 0.2) is 18.2 Å². The van der Waals surface area contributed by atoms with Crippen molar-refractivity contribution in [1.29, 1.82) is 0 Å². The smallest absolute Gasteiger partial charge is 0.323 e. The van der Waals surface area contributed by atoms with Crippen molar-refractivity contribution in [3.8, 4) is 0 Å². The quantitative estimate of drug-likeness (QED) is 0.851. The molecule has 18 heavy (non-hydrogen) atoms. The van der Waals surface area contributed by atoms with Crippen LogP contribution in [0, 0.1) is 0 Å². The van der Waals surface area contributed by atoms with Crippen molar-refractivity contribution < 1.29 is 9.53 Å². The highest BCUT2D eigenvalue weighted by molar-refractivity contribution is 6.30. The molecule has 0 aliphatic carbocycles. The number of carbonyl (C=O) groups is 1. The largest absolute Gasteiger partial charge is 0.462 e. The predicted octanol–water partition coefficient (Wildman–Crippen LogP) is 2.73. The maximum Gasteiger partial charge on any atom is 0.323 e. The van der Waals surface area contributed by atoms with Crippen molar-refractivity contribution in [3.63, 3.8) is 0 Å². The lowest BCUT2D eigenvalue weighted by Gasteiger charge is -2.25. The summed E-state index contributed by atoms with van der Waals surface area (Å²) in [6.07, 6.45) is 0.562. The Bertz CT molecular complexity index is 435. The molecule has 100 valence electrons. The third-order valence-corrected chi connectivity index (χ3v) is 3.00. The molecule has 0 spiro atoms. The fraction of sp³-hybridized carbons (Fsp3) is 0.462. The number of halogens is 2. The van der Waals surface area contributed by atoms with Crippen LogP contribution in [0.1, 0.15) is 25.0 Å². The van der Waals surface area contributed by atoms with E-state index >= 15 is 0 Å². The molecule has 1 aromatic carbocycles. The van der Waals surface area contributed by atoms with Crippen LogP contribution in [0.25, 0.3) is 0 Å². The van der Waals surface area contributed by atoms with Crippen molar-refractivity contribution >= 4 is 30.0 Å². The molecule has 5 heteroatoms. The lowest BCUT2D eigenvalue weighted by molar-refractivity contribution is -0.150. The molecule has 1 unspecified atom stereocenters. The highest BCUT2D eigenvalue weighted by Crippen LogP contribution is 2.21. The van der Waals surface area contributed by atoms with Crippen LogP contribution in [-0.4, -0.2) is 18.1 Å². The van der Waals surface area contributed by atoms with Crippen molar-refractivity contribution in [1.82, 2.24) is 5.32 Å². The van der Waals surface area contributed by atoms with E-state index in [-0.39, 0.29) is 30.5 Å². The summed E-state index contributed by atoms with van der Waals surface area (Å²) in [6, 6.07) is 5.53. The number of hydrogen-bond donors (Lipinski definition) is 1. The molecule has 0 saturated carbocycles. The average Bonchev–Trinajstić information content (AvgIpc) is 2.27. The van der Waals surface area contributed by atoms with Gasteiger partial charge in [-0.15, -0.1) is 12.4 Å². The third-order valence-electron chi connectivity index (χ3n) is 2.77. The van der Waals surface area contributed by atoms with Gasteiger partial charge < -0.3 is 10.1 Å². The Morgan fingerprint density at radius 1 is 1.44 bits per heavy atom. The summed E-state index contributed by atoms with van der Waals surface area (Å²) >= 11 is 5.95. The molecule has 0 saturated heterocycles. The molecule has 0 radical (unpaired) electrons. The van der Waals surface area contributed by atoms with Gasteiger partial charge in [-0.25, -0.2) is 0 Å². The molecule has 1 atom stereocenters. The second-order valence-electron chi connectivity index (χ2n) is 4.54. The van der Waals surface area contributed by atoms with E-state index in [0.29, 0.717) is 18.0 Å². The van der Waals surface area contributed by atoms with Gasteiger partial charge in [-0.2, -0.15) is 0 Å². The number of carbonyl (C=O) groups excluding carboxylic acids is 1. The van der Waals surface area contributed by atoms with Crippen molar-refractivity contribution in [2.75, 3.05) is 0 Å². The second kappa shape index (κ2) is 6.41. The van der Waals surface area contributed by atoms with E-state index < -0.39 is 0 Å². The van der Waals surface area contributed by atoms with Gasteiger partial charge >= 0.3 is 5.97 Å². The number of fused-ring (bicyclic) bond motifs is 1. The van der Waals surface area contributed by atoms with Crippen molar-refractivity contribution in [2.45, 2.75) is 39.0 Å². The lowest BCUT2D eigenvalue weighted by Crippen LogP contribution is -2.43. The van der Waals surface area contributed by atoms with Gasteiger partial charge in [-0.05, 0) is 43.5 Å². The van der Waals surface area contributed by atoms with Crippen LogP contribution in [0.2, 0.25) is 5.02 Å². The van der Waals surface area contributed by atoms with Gasteiger partial charge in [-0.3, -0.25) is 4.79 Å². The molecule has 0 amide bonds. The molecule has 1 heterocycles. The molecule has 0 bridgehead atoms. The Labute approximate surface area is 118 Å². The van der Waals surface area contributed by atoms with Gasteiger partial charge in [0.15, 0.2) is 0 Å². The molecule has 3 nitrogen and oxygen atoms in total. The molecule has 0 aromatic heterocycles. The van der Waals surface area contributed by atoms with E-state index in [4.69, 9.17) is 16.3 Å². The van der Waals surface area contributed by atoms with Crippen molar-refractivity contribution in [3.05, 3.63) is 34.3 Å². The van der Waals surface area contributed by atoms with E-state index in [0.717, 1.165) is 5.56 Å². The van der Waals surface area contributed by atoms with E-state index in [1.807, 2.05) is 32.0 Å². The number of rotatable bonds is 2. The van der Waals surface area contributed by atoms with E-state index in [1.165, 1.54) is 5.56 Å². The van der Waals surface area contributed by atoms with Gasteiger partial charge in [0.05, 0.1) is 6.10 Å². The summed E-state index contributed by atoms with van der Waals surface area (Å²) in [6.45, 7) is 4.39. The van der Waals surface area contributed by atoms with Crippen LogP contribution < -0.4 is 5.32 Å². The normalized spacial score (nSPS) is 17.9. The fourth-order valence-electron chi connectivity index (χ4n) is 1.96. The molecule has 1 N–H and O–H groups in total. The van der Waals surface area contributed by atoms with Crippen molar-refractivity contribution in [2.24, 2.45) is 0 Å². The van der Waals surface area contributed by atoms with Gasteiger partial charge in [0, 0.05) is 11.6 Å². The van der Waals surface area contributed by atoms with E-state index in [1.54, 1.807) is 0 Å².